The minimum absolute atomic E-state index is 0.274. The Hall–Kier alpha value is -0.280. The van der Waals surface area contributed by atoms with E-state index in [4.69, 9.17) is 23.2 Å². The molecule has 1 unspecified atom stereocenters. The highest BCUT2D eigenvalue weighted by molar-refractivity contribution is 6.35. The molecule has 21 heavy (non-hydrogen) atoms. The van der Waals surface area contributed by atoms with Crippen LogP contribution >= 0.6 is 23.2 Å². The number of benzene rings is 1. The van der Waals surface area contributed by atoms with Gasteiger partial charge in [0.15, 0.2) is 0 Å². The molecule has 0 radical (unpaired) electrons. The summed E-state index contributed by atoms with van der Waals surface area (Å²) in [7, 11) is 0. The van der Waals surface area contributed by atoms with Crippen LogP contribution in [-0.2, 0) is 0 Å². The summed E-state index contributed by atoms with van der Waals surface area (Å²) in [5.74, 6) is 0. The van der Waals surface area contributed by atoms with E-state index in [9.17, 15) is 0 Å². The van der Waals surface area contributed by atoms with Crippen molar-refractivity contribution in [1.29, 1.82) is 0 Å². The van der Waals surface area contributed by atoms with Gasteiger partial charge in [0.05, 0.1) is 0 Å². The second kappa shape index (κ2) is 8.99. The quantitative estimate of drug-likeness (QED) is 0.708. The number of nitrogens with zero attached hydrogens (tertiary/aromatic N) is 1. The van der Waals surface area contributed by atoms with E-state index in [0.29, 0.717) is 17.1 Å². The number of halogens is 2. The van der Waals surface area contributed by atoms with Crippen molar-refractivity contribution < 1.29 is 0 Å². The molecule has 0 aliphatic heterocycles. The average Bonchev–Trinajstić information content (AvgIpc) is 2.39. The maximum absolute atomic E-state index is 6.31. The van der Waals surface area contributed by atoms with E-state index in [0.717, 1.165) is 30.1 Å². The van der Waals surface area contributed by atoms with Crippen molar-refractivity contribution in [2.24, 2.45) is 0 Å². The highest BCUT2D eigenvalue weighted by Gasteiger charge is 2.15. The highest BCUT2D eigenvalue weighted by atomic mass is 35.5. The first kappa shape index (κ1) is 18.8. The summed E-state index contributed by atoms with van der Waals surface area (Å²) in [6.45, 7) is 13.1. The van der Waals surface area contributed by atoms with E-state index in [1.807, 2.05) is 18.2 Å². The first-order valence-corrected chi connectivity index (χ1v) is 8.56. The molecule has 0 amide bonds. The maximum Gasteiger partial charge on any atom is 0.0468 e. The fraction of sp³-hybridized carbons (Fsp3) is 0.647. The Labute approximate surface area is 139 Å². The van der Waals surface area contributed by atoms with Gasteiger partial charge in [0.25, 0.3) is 0 Å². The fourth-order valence-corrected chi connectivity index (χ4v) is 3.28. The number of hydrogen-bond acceptors (Lipinski definition) is 2. The van der Waals surface area contributed by atoms with Gasteiger partial charge in [-0.15, -0.1) is 0 Å². The van der Waals surface area contributed by atoms with Crippen LogP contribution in [0.25, 0.3) is 0 Å². The Morgan fingerprint density at radius 2 is 1.71 bits per heavy atom. The van der Waals surface area contributed by atoms with E-state index in [1.165, 1.54) is 0 Å². The summed E-state index contributed by atoms with van der Waals surface area (Å²) in [6, 6.07) is 7.14. The fourth-order valence-electron chi connectivity index (χ4n) is 2.74. The van der Waals surface area contributed by atoms with Crippen molar-refractivity contribution in [2.75, 3.05) is 13.1 Å². The van der Waals surface area contributed by atoms with Crippen LogP contribution in [0.4, 0.5) is 0 Å². The largest absolute Gasteiger partial charge is 0.309 e. The van der Waals surface area contributed by atoms with Crippen molar-refractivity contribution in [3.63, 3.8) is 0 Å². The molecule has 0 spiro atoms. The van der Waals surface area contributed by atoms with Gasteiger partial charge in [-0.2, -0.15) is 0 Å². The molecule has 0 aliphatic carbocycles. The molecule has 1 rings (SSSR count). The number of rotatable bonds is 8. The Morgan fingerprint density at radius 3 is 2.19 bits per heavy atom. The lowest BCUT2D eigenvalue weighted by molar-refractivity contribution is 0.173. The molecule has 1 aromatic carbocycles. The summed E-state index contributed by atoms with van der Waals surface area (Å²) in [5, 5.41) is 5.04. The second-order valence-corrected chi connectivity index (χ2v) is 6.85. The van der Waals surface area contributed by atoms with E-state index >= 15 is 0 Å². The van der Waals surface area contributed by atoms with Crippen LogP contribution in [0.5, 0.6) is 0 Å². The zero-order valence-electron chi connectivity index (χ0n) is 13.8. The van der Waals surface area contributed by atoms with Gasteiger partial charge in [-0.3, -0.25) is 4.90 Å². The molecule has 0 aliphatic rings. The van der Waals surface area contributed by atoms with Crippen molar-refractivity contribution >= 4 is 23.2 Å². The predicted molar refractivity (Wildman–Crippen MR) is 94.5 cm³/mol. The molecule has 1 N–H and O–H groups in total. The van der Waals surface area contributed by atoms with Crippen molar-refractivity contribution in [3.8, 4) is 0 Å². The number of nitrogens with one attached hydrogen (secondary N) is 1. The zero-order valence-corrected chi connectivity index (χ0v) is 15.3. The lowest BCUT2D eigenvalue weighted by atomic mass is 10.0. The predicted octanol–water partition coefficient (Wildman–Crippen LogP) is 5.15. The van der Waals surface area contributed by atoms with E-state index < -0.39 is 0 Å². The molecule has 0 heterocycles. The van der Waals surface area contributed by atoms with Gasteiger partial charge in [-0.05, 0) is 51.8 Å². The van der Waals surface area contributed by atoms with Gasteiger partial charge >= 0.3 is 0 Å². The van der Waals surface area contributed by atoms with Gasteiger partial charge in [0.1, 0.15) is 0 Å². The van der Waals surface area contributed by atoms with Crippen LogP contribution in [0.2, 0.25) is 10.0 Å². The van der Waals surface area contributed by atoms with Crippen molar-refractivity contribution in [1.82, 2.24) is 10.2 Å². The van der Waals surface area contributed by atoms with Crippen molar-refractivity contribution in [2.45, 2.75) is 59.2 Å². The van der Waals surface area contributed by atoms with Gasteiger partial charge in [0, 0.05) is 41.3 Å². The molecule has 0 aromatic heterocycles. The van der Waals surface area contributed by atoms with Gasteiger partial charge < -0.3 is 5.32 Å². The molecule has 1 atom stereocenters. The zero-order chi connectivity index (χ0) is 16.0. The third-order valence-electron chi connectivity index (χ3n) is 3.83. The highest BCUT2D eigenvalue weighted by Crippen LogP contribution is 2.27. The van der Waals surface area contributed by atoms with E-state index in [-0.39, 0.29) is 6.04 Å². The molecular weight excluding hydrogens is 303 g/mol. The summed E-state index contributed by atoms with van der Waals surface area (Å²) >= 11 is 12.3. The van der Waals surface area contributed by atoms with Crippen LogP contribution in [0.1, 0.15) is 52.6 Å². The minimum atomic E-state index is 0.274. The van der Waals surface area contributed by atoms with Gasteiger partial charge in [-0.1, -0.05) is 36.2 Å². The summed E-state index contributed by atoms with van der Waals surface area (Å²) in [6.07, 6.45) is 1.00. The molecule has 1 aromatic rings. The molecule has 0 saturated carbocycles. The van der Waals surface area contributed by atoms with Crippen LogP contribution in [0.15, 0.2) is 18.2 Å². The van der Waals surface area contributed by atoms with Crippen LogP contribution in [0.3, 0.4) is 0 Å². The molecule has 2 nitrogen and oxygen atoms in total. The number of hydrogen-bond donors (Lipinski definition) is 1. The Balaban J connectivity index is 2.62. The molecular formula is C17H28Cl2N2. The maximum atomic E-state index is 6.31. The topological polar surface area (TPSA) is 15.3 Å². The summed E-state index contributed by atoms with van der Waals surface area (Å²) < 4.78 is 0. The normalized spacial score (nSPS) is 13.4. The lowest BCUT2D eigenvalue weighted by Gasteiger charge is -2.31. The average molecular weight is 331 g/mol. The van der Waals surface area contributed by atoms with Crippen LogP contribution in [0, 0.1) is 0 Å². The monoisotopic (exact) mass is 330 g/mol. The second-order valence-electron chi connectivity index (χ2n) is 6.01. The van der Waals surface area contributed by atoms with Crippen LogP contribution in [-0.4, -0.2) is 30.1 Å². The first-order valence-electron chi connectivity index (χ1n) is 7.80. The molecule has 4 heteroatoms. The molecule has 0 fully saturated rings. The standard InChI is InChI=1S/C17H28Cl2N2/c1-6-17(15-8-7-14(18)11-16(15)19)20-9-10-21(12(2)3)13(4)5/h7-8,11-13,17,20H,6,9-10H2,1-5H3. The molecule has 120 valence electrons. The summed E-state index contributed by atoms with van der Waals surface area (Å²) in [5.41, 5.74) is 1.13. The Bertz CT molecular complexity index is 425. The third-order valence-corrected chi connectivity index (χ3v) is 4.40. The van der Waals surface area contributed by atoms with Crippen LogP contribution < -0.4 is 5.32 Å². The minimum Gasteiger partial charge on any atom is -0.309 e. The van der Waals surface area contributed by atoms with Crippen molar-refractivity contribution in [3.05, 3.63) is 33.8 Å². The Morgan fingerprint density at radius 1 is 1.10 bits per heavy atom. The van der Waals surface area contributed by atoms with Gasteiger partial charge in [-0.25, -0.2) is 0 Å². The smallest absolute Gasteiger partial charge is 0.0468 e. The van der Waals surface area contributed by atoms with Gasteiger partial charge in [0.2, 0.25) is 0 Å². The third kappa shape index (κ3) is 5.78. The lowest BCUT2D eigenvalue weighted by Crippen LogP contribution is -2.42. The SMILES string of the molecule is CCC(NCCN(C(C)C)C(C)C)c1ccc(Cl)cc1Cl. The van der Waals surface area contributed by atoms with E-state index in [2.05, 4.69) is 44.8 Å². The summed E-state index contributed by atoms with van der Waals surface area (Å²) in [4.78, 5) is 2.49. The van der Waals surface area contributed by atoms with E-state index in [1.54, 1.807) is 0 Å². The molecule has 0 bridgehead atoms. The Kier molecular flexibility index (Phi) is 8.04. The first-order chi connectivity index (χ1) is 9.86. The molecule has 0 saturated heterocycles.